The van der Waals surface area contributed by atoms with Crippen LogP contribution in [0.4, 0.5) is 0 Å². The molecule has 1 nitrogen and oxygen atoms in total. The van der Waals surface area contributed by atoms with Gasteiger partial charge in [-0.25, -0.2) is 0 Å². The Morgan fingerprint density at radius 1 is 1.36 bits per heavy atom. The first-order chi connectivity index (χ1) is 6.75. The first-order valence-electron chi connectivity index (χ1n) is 4.89. The van der Waals surface area contributed by atoms with Crippen LogP contribution in [-0.2, 0) is 12.8 Å². The Bertz CT molecular complexity index is 321. The van der Waals surface area contributed by atoms with E-state index in [-0.39, 0.29) is 0 Å². The molecule has 1 aliphatic rings. The van der Waals surface area contributed by atoms with Crippen LogP contribution in [-0.4, -0.2) is 12.6 Å². The van der Waals surface area contributed by atoms with Gasteiger partial charge >= 0.3 is 0 Å². The number of halogens is 1. The topological polar surface area (TPSA) is 12.0 Å². The first-order valence-corrected chi connectivity index (χ1v) is 5.27. The highest BCUT2D eigenvalue weighted by atomic mass is 35.5. The predicted molar refractivity (Wildman–Crippen MR) is 60.6 cm³/mol. The molecule has 1 aliphatic carbocycles. The first kappa shape index (κ1) is 9.75. The minimum Gasteiger partial charge on any atom is -0.308 e. The van der Waals surface area contributed by atoms with E-state index in [1.165, 1.54) is 11.1 Å². The minimum atomic E-state index is 0.530. The van der Waals surface area contributed by atoms with Gasteiger partial charge in [0.2, 0.25) is 0 Å². The van der Waals surface area contributed by atoms with E-state index in [9.17, 15) is 0 Å². The number of hydrogen-bond donors (Lipinski definition) is 1. The smallest absolute Gasteiger partial charge is 0.0310 e. The molecule has 0 heterocycles. The van der Waals surface area contributed by atoms with Crippen LogP contribution in [0, 0.1) is 0 Å². The van der Waals surface area contributed by atoms with Crippen LogP contribution in [0.2, 0.25) is 0 Å². The van der Waals surface area contributed by atoms with E-state index in [2.05, 4.69) is 36.2 Å². The van der Waals surface area contributed by atoms with E-state index >= 15 is 0 Å². The molecule has 0 fully saturated rings. The molecule has 2 rings (SSSR count). The third-order valence-corrected chi connectivity index (χ3v) is 2.77. The van der Waals surface area contributed by atoms with Gasteiger partial charge in [-0.3, -0.25) is 0 Å². The summed E-state index contributed by atoms with van der Waals surface area (Å²) in [5, 5.41) is 4.08. The standard InChI is InChI=1S/C12H14ClN/c1-9(13)8-14-12-6-10-4-2-3-5-11(10)7-12/h2-5,12,14H,1,6-8H2. The second kappa shape index (κ2) is 4.16. The molecule has 0 saturated heterocycles. The van der Waals surface area contributed by atoms with Crippen molar-refractivity contribution >= 4 is 11.6 Å². The number of fused-ring (bicyclic) bond motifs is 1. The Labute approximate surface area is 89.8 Å². The van der Waals surface area contributed by atoms with Gasteiger partial charge in [-0.05, 0) is 24.0 Å². The van der Waals surface area contributed by atoms with Gasteiger partial charge in [0.05, 0.1) is 0 Å². The fourth-order valence-electron chi connectivity index (χ4n) is 1.96. The molecular weight excluding hydrogens is 194 g/mol. The number of hydrogen-bond acceptors (Lipinski definition) is 1. The van der Waals surface area contributed by atoms with E-state index in [1.54, 1.807) is 0 Å². The molecule has 0 bridgehead atoms. The normalized spacial score (nSPS) is 15.5. The van der Waals surface area contributed by atoms with Gasteiger partial charge in [-0.2, -0.15) is 0 Å². The van der Waals surface area contributed by atoms with Crippen LogP contribution in [0.5, 0.6) is 0 Å². The molecule has 1 aromatic carbocycles. The van der Waals surface area contributed by atoms with Crippen molar-refractivity contribution in [1.82, 2.24) is 5.32 Å². The second-order valence-corrected chi connectivity index (χ2v) is 4.31. The van der Waals surface area contributed by atoms with Gasteiger partial charge in [-0.1, -0.05) is 42.4 Å². The maximum absolute atomic E-state index is 5.71. The summed E-state index contributed by atoms with van der Waals surface area (Å²) in [6, 6.07) is 9.13. The summed E-state index contributed by atoms with van der Waals surface area (Å²) in [5.74, 6) is 0. The largest absolute Gasteiger partial charge is 0.308 e. The van der Waals surface area contributed by atoms with E-state index in [4.69, 9.17) is 11.6 Å². The fourth-order valence-corrected chi connectivity index (χ4v) is 2.04. The van der Waals surface area contributed by atoms with Crippen LogP contribution in [0.3, 0.4) is 0 Å². The summed E-state index contributed by atoms with van der Waals surface area (Å²) >= 11 is 5.71. The molecule has 1 aromatic rings. The van der Waals surface area contributed by atoms with Gasteiger partial charge in [0.25, 0.3) is 0 Å². The summed E-state index contributed by atoms with van der Waals surface area (Å²) in [7, 11) is 0. The summed E-state index contributed by atoms with van der Waals surface area (Å²) in [6.07, 6.45) is 2.22. The number of rotatable bonds is 3. The van der Waals surface area contributed by atoms with Crippen molar-refractivity contribution in [2.75, 3.05) is 6.54 Å². The lowest BCUT2D eigenvalue weighted by Gasteiger charge is -2.10. The molecule has 0 atom stereocenters. The molecule has 14 heavy (non-hydrogen) atoms. The van der Waals surface area contributed by atoms with E-state index in [0.29, 0.717) is 17.6 Å². The zero-order valence-electron chi connectivity index (χ0n) is 8.09. The van der Waals surface area contributed by atoms with Gasteiger partial charge < -0.3 is 5.32 Å². The molecule has 74 valence electrons. The third-order valence-electron chi connectivity index (χ3n) is 2.63. The van der Waals surface area contributed by atoms with Crippen molar-refractivity contribution in [1.29, 1.82) is 0 Å². The minimum absolute atomic E-state index is 0.530. The van der Waals surface area contributed by atoms with Crippen molar-refractivity contribution in [3.8, 4) is 0 Å². The van der Waals surface area contributed by atoms with Crippen molar-refractivity contribution in [3.05, 3.63) is 47.0 Å². The zero-order chi connectivity index (χ0) is 9.97. The van der Waals surface area contributed by atoms with Crippen molar-refractivity contribution in [2.45, 2.75) is 18.9 Å². The van der Waals surface area contributed by atoms with Crippen molar-refractivity contribution < 1.29 is 0 Å². The fraction of sp³-hybridized carbons (Fsp3) is 0.333. The van der Waals surface area contributed by atoms with Crippen molar-refractivity contribution in [2.24, 2.45) is 0 Å². The molecule has 2 heteroatoms. The molecule has 0 aromatic heterocycles. The van der Waals surface area contributed by atoms with E-state index in [0.717, 1.165) is 12.8 Å². The highest BCUT2D eigenvalue weighted by Crippen LogP contribution is 2.21. The Morgan fingerprint density at radius 2 is 1.93 bits per heavy atom. The van der Waals surface area contributed by atoms with Gasteiger partial charge in [0.15, 0.2) is 0 Å². The highest BCUT2D eigenvalue weighted by molar-refractivity contribution is 6.29. The lowest BCUT2D eigenvalue weighted by Crippen LogP contribution is -2.30. The number of benzene rings is 1. The molecule has 1 N–H and O–H groups in total. The average molecular weight is 208 g/mol. The quantitative estimate of drug-likeness (QED) is 0.803. The molecule has 0 saturated carbocycles. The predicted octanol–water partition coefficient (Wildman–Crippen LogP) is 2.50. The van der Waals surface area contributed by atoms with Crippen molar-refractivity contribution in [3.63, 3.8) is 0 Å². The molecule has 0 spiro atoms. The molecule has 0 aliphatic heterocycles. The Balaban J connectivity index is 1.95. The lowest BCUT2D eigenvalue weighted by molar-refractivity contribution is 0.564. The Kier molecular flexibility index (Phi) is 2.90. The van der Waals surface area contributed by atoms with Crippen LogP contribution in [0.1, 0.15) is 11.1 Å². The maximum Gasteiger partial charge on any atom is 0.0310 e. The molecule has 0 radical (unpaired) electrons. The maximum atomic E-state index is 5.71. The highest BCUT2D eigenvalue weighted by Gasteiger charge is 2.19. The van der Waals surface area contributed by atoms with Crippen LogP contribution >= 0.6 is 11.6 Å². The zero-order valence-corrected chi connectivity index (χ0v) is 8.85. The monoisotopic (exact) mass is 207 g/mol. The van der Waals surface area contributed by atoms with Crippen LogP contribution in [0.15, 0.2) is 35.9 Å². The number of nitrogens with one attached hydrogen (secondary N) is 1. The summed E-state index contributed by atoms with van der Waals surface area (Å²) in [5.41, 5.74) is 2.93. The lowest BCUT2D eigenvalue weighted by atomic mass is 10.1. The second-order valence-electron chi connectivity index (χ2n) is 3.77. The van der Waals surface area contributed by atoms with E-state index < -0.39 is 0 Å². The van der Waals surface area contributed by atoms with Gasteiger partial charge in [-0.15, -0.1) is 0 Å². The van der Waals surface area contributed by atoms with Gasteiger partial charge in [0.1, 0.15) is 0 Å². The average Bonchev–Trinajstić information content (AvgIpc) is 2.57. The molecule has 0 amide bonds. The SMILES string of the molecule is C=C(Cl)CNC1Cc2ccccc2C1. The van der Waals surface area contributed by atoms with Crippen LogP contribution < -0.4 is 5.32 Å². The Morgan fingerprint density at radius 3 is 2.43 bits per heavy atom. The molecule has 0 unspecified atom stereocenters. The summed E-state index contributed by atoms with van der Waals surface area (Å²) < 4.78 is 0. The van der Waals surface area contributed by atoms with Crippen LogP contribution in [0.25, 0.3) is 0 Å². The summed E-state index contributed by atoms with van der Waals surface area (Å²) in [6.45, 7) is 4.38. The summed E-state index contributed by atoms with van der Waals surface area (Å²) in [4.78, 5) is 0. The molecular formula is C12H14ClN. The van der Waals surface area contributed by atoms with E-state index in [1.807, 2.05) is 0 Å². The Hall–Kier alpha value is -0.790. The van der Waals surface area contributed by atoms with Gasteiger partial charge in [0, 0.05) is 17.6 Å². The third kappa shape index (κ3) is 2.17.